The molecule has 1 aliphatic rings. The maximum absolute atomic E-state index is 12.9. The Morgan fingerprint density at radius 3 is 3.04 bits per heavy atom. The van der Waals surface area contributed by atoms with Gasteiger partial charge >= 0.3 is 5.97 Å². The van der Waals surface area contributed by atoms with Gasteiger partial charge in [-0.1, -0.05) is 0 Å². The molecule has 1 saturated heterocycles. The van der Waals surface area contributed by atoms with E-state index in [1.54, 1.807) is 18.7 Å². The van der Waals surface area contributed by atoms with Crippen LogP contribution in [0.4, 0.5) is 0 Å². The lowest BCUT2D eigenvalue weighted by atomic mass is 9.97. The van der Waals surface area contributed by atoms with Crippen molar-refractivity contribution >= 4 is 23.0 Å². The Balaban J connectivity index is 1.91. The summed E-state index contributed by atoms with van der Waals surface area (Å²) in [5.41, 5.74) is -0.0680. The topological polar surface area (TPSA) is 106 Å². The first-order valence-electron chi connectivity index (χ1n) is 7.95. The molecule has 1 N–H and O–H groups in total. The van der Waals surface area contributed by atoms with E-state index in [4.69, 9.17) is 9.15 Å². The van der Waals surface area contributed by atoms with Gasteiger partial charge in [-0.15, -0.1) is 0 Å². The highest BCUT2D eigenvalue weighted by Crippen LogP contribution is 2.25. The molecule has 2 aromatic rings. The van der Waals surface area contributed by atoms with Gasteiger partial charge in [-0.05, 0) is 26.7 Å². The van der Waals surface area contributed by atoms with Crippen molar-refractivity contribution in [1.82, 2.24) is 14.9 Å². The van der Waals surface area contributed by atoms with Gasteiger partial charge < -0.3 is 19.0 Å². The monoisotopic (exact) mass is 333 g/mol. The van der Waals surface area contributed by atoms with E-state index in [9.17, 15) is 14.4 Å². The number of rotatable bonds is 3. The summed E-state index contributed by atoms with van der Waals surface area (Å²) in [4.78, 5) is 44.9. The molecule has 0 aliphatic carbocycles. The third-order valence-electron chi connectivity index (χ3n) is 4.21. The van der Waals surface area contributed by atoms with Gasteiger partial charge in [0.2, 0.25) is 5.71 Å². The summed E-state index contributed by atoms with van der Waals surface area (Å²) < 4.78 is 10.5. The lowest BCUT2D eigenvalue weighted by Gasteiger charge is -2.31. The van der Waals surface area contributed by atoms with Crippen LogP contribution < -0.4 is 5.56 Å². The van der Waals surface area contributed by atoms with Crippen LogP contribution in [-0.2, 0) is 9.53 Å². The third kappa shape index (κ3) is 2.79. The molecule has 1 amide bonds. The van der Waals surface area contributed by atoms with Gasteiger partial charge in [0.1, 0.15) is 11.1 Å². The maximum Gasteiger partial charge on any atom is 0.310 e. The molecule has 0 bridgehead atoms. The first-order chi connectivity index (χ1) is 11.5. The van der Waals surface area contributed by atoms with Gasteiger partial charge in [0.25, 0.3) is 11.5 Å². The number of ether oxygens (including phenoxy) is 1. The molecule has 24 heavy (non-hydrogen) atoms. The number of hydrogen-bond donors (Lipinski definition) is 1. The molecule has 1 fully saturated rings. The summed E-state index contributed by atoms with van der Waals surface area (Å²) in [6.45, 7) is 4.50. The Labute approximate surface area is 137 Å². The van der Waals surface area contributed by atoms with Gasteiger partial charge in [0, 0.05) is 13.1 Å². The number of fused-ring (bicyclic) bond motifs is 1. The number of esters is 1. The first kappa shape index (κ1) is 16.2. The molecule has 8 nitrogen and oxygen atoms in total. The van der Waals surface area contributed by atoms with Crippen LogP contribution in [0.5, 0.6) is 0 Å². The lowest BCUT2D eigenvalue weighted by molar-refractivity contribution is -0.149. The fraction of sp³-hybridized carbons (Fsp3) is 0.500. The molecule has 0 aromatic carbocycles. The standard InChI is InChI=1S/C16H19N3O5/c1-3-23-16(22)10-5-4-6-19(7-10)15(21)11-9(2)24-14-12(11)13(20)17-8-18-14/h8,10H,3-7H2,1-2H3,(H,17,18,20)/t10-/m1/s1. The molecule has 2 aromatic heterocycles. The number of aryl methyl sites for hydroxylation is 1. The van der Waals surface area contributed by atoms with E-state index >= 15 is 0 Å². The molecule has 0 radical (unpaired) electrons. The number of nitrogens with one attached hydrogen (secondary N) is 1. The second-order valence-electron chi connectivity index (χ2n) is 5.79. The predicted molar refractivity (Wildman–Crippen MR) is 84.6 cm³/mol. The number of nitrogens with zero attached hydrogens (tertiary/aromatic N) is 2. The van der Waals surface area contributed by atoms with Crippen LogP contribution in [0, 0.1) is 12.8 Å². The number of H-pyrrole nitrogens is 1. The Kier molecular flexibility index (Phi) is 4.37. The van der Waals surface area contributed by atoms with E-state index in [-0.39, 0.29) is 41.0 Å². The zero-order valence-corrected chi connectivity index (χ0v) is 13.6. The van der Waals surface area contributed by atoms with E-state index in [0.29, 0.717) is 31.8 Å². The Morgan fingerprint density at radius 2 is 2.29 bits per heavy atom. The summed E-state index contributed by atoms with van der Waals surface area (Å²) in [6, 6.07) is 0. The summed E-state index contributed by atoms with van der Waals surface area (Å²) in [5.74, 6) is -0.600. The highest BCUT2D eigenvalue weighted by atomic mass is 16.5. The molecule has 1 atom stereocenters. The molecule has 8 heteroatoms. The predicted octanol–water partition coefficient (Wildman–Crippen LogP) is 1.24. The van der Waals surface area contributed by atoms with Crippen molar-refractivity contribution in [3.63, 3.8) is 0 Å². The number of carbonyl (C=O) groups excluding carboxylic acids is 2. The number of likely N-dealkylation sites (tertiary alicyclic amines) is 1. The molecule has 1 aliphatic heterocycles. The second-order valence-corrected chi connectivity index (χ2v) is 5.79. The van der Waals surface area contributed by atoms with Crippen LogP contribution in [0.15, 0.2) is 15.5 Å². The molecular weight excluding hydrogens is 314 g/mol. The maximum atomic E-state index is 12.9. The van der Waals surface area contributed by atoms with Crippen molar-refractivity contribution in [1.29, 1.82) is 0 Å². The van der Waals surface area contributed by atoms with Crippen molar-refractivity contribution in [3.05, 3.63) is 28.0 Å². The van der Waals surface area contributed by atoms with E-state index in [0.717, 1.165) is 0 Å². The van der Waals surface area contributed by atoms with Crippen LogP contribution in [0.3, 0.4) is 0 Å². The van der Waals surface area contributed by atoms with Gasteiger partial charge in [0.15, 0.2) is 0 Å². The summed E-state index contributed by atoms with van der Waals surface area (Å²) >= 11 is 0. The number of aromatic nitrogens is 2. The number of carbonyl (C=O) groups is 2. The van der Waals surface area contributed by atoms with E-state index in [1.807, 2.05) is 0 Å². The smallest absolute Gasteiger partial charge is 0.310 e. The fourth-order valence-electron chi connectivity index (χ4n) is 3.08. The van der Waals surface area contributed by atoms with Crippen LogP contribution in [0.25, 0.3) is 11.1 Å². The largest absolute Gasteiger partial charge is 0.466 e. The third-order valence-corrected chi connectivity index (χ3v) is 4.21. The molecule has 3 rings (SSSR count). The van der Waals surface area contributed by atoms with Crippen LogP contribution in [-0.4, -0.2) is 46.4 Å². The van der Waals surface area contributed by atoms with E-state index < -0.39 is 5.56 Å². The summed E-state index contributed by atoms with van der Waals surface area (Å²) in [5, 5.41) is 0.151. The highest BCUT2D eigenvalue weighted by Gasteiger charge is 2.32. The van der Waals surface area contributed by atoms with Crippen molar-refractivity contribution in [3.8, 4) is 0 Å². The van der Waals surface area contributed by atoms with Gasteiger partial charge in [-0.3, -0.25) is 14.4 Å². The Bertz CT molecular complexity index is 838. The number of amides is 1. The molecule has 3 heterocycles. The van der Waals surface area contributed by atoms with Crippen LogP contribution in [0.1, 0.15) is 35.9 Å². The molecule has 0 saturated carbocycles. The average molecular weight is 333 g/mol. The normalized spacial score (nSPS) is 17.9. The van der Waals surface area contributed by atoms with E-state index in [2.05, 4.69) is 9.97 Å². The van der Waals surface area contributed by atoms with E-state index in [1.165, 1.54) is 6.33 Å². The lowest BCUT2D eigenvalue weighted by Crippen LogP contribution is -2.43. The zero-order chi connectivity index (χ0) is 17.3. The average Bonchev–Trinajstić information content (AvgIpc) is 2.92. The highest BCUT2D eigenvalue weighted by molar-refractivity contribution is 6.06. The van der Waals surface area contributed by atoms with Crippen LogP contribution in [0.2, 0.25) is 0 Å². The minimum Gasteiger partial charge on any atom is -0.466 e. The first-order valence-corrected chi connectivity index (χ1v) is 7.95. The van der Waals surface area contributed by atoms with Gasteiger partial charge in [0.05, 0.1) is 24.4 Å². The minimum atomic E-state index is -0.417. The van der Waals surface area contributed by atoms with Gasteiger partial charge in [-0.2, -0.15) is 0 Å². The SMILES string of the molecule is CCOC(=O)[C@@H]1CCCN(C(=O)c2c(C)oc3nc[nH]c(=O)c23)C1. The summed E-state index contributed by atoms with van der Waals surface area (Å²) in [7, 11) is 0. The minimum absolute atomic E-state index is 0.138. The number of furan rings is 1. The zero-order valence-electron chi connectivity index (χ0n) is 13.6. The number of aromatic amines is 1. The van der Waals surface area contributed by atoms with Gasteiger partial charge in [-0.25, -0.2) is 4.98 Å². The molecule has 0 unspecified atom stereocenters. The van der Waals surface area contributed by atoms with Crippen LogP contribution >= 0.6 is 0 Å². The quantitative estimate of drug-likeness (QED) is 0.847. The van der Waals surface area contributed by atoms with Crippen molar-refractivity contribution in [2.45, 2.75) is 26.7 Å². The second kappa shape index (κ2) is 6.46. The number of hydrogen-bond acceptors (Lipinski definition) is 6. The fourth-order valence-corrected chi connectivity index (χ4v) is 3.08. The van der Waals surface area contributed by atoms with Crippen molar-refractivity contribution in [2.24, 2.45) is 5.92 Å². The number of piperidine rings is 1. The molecular formula is C16H19N3O5. The van der Waals surface area contributed by atoms with Crippen molar-refractivity contribution in [2.75, 3.05) is 19.7 Å². The molecule has 128 valence electrons. The Morgan fingerprint density at radius 1 is 1.50 bits per heavy atom. The summed E-state index contributed by atoms with van der Waals surface area (Å²) in [6.07, 6.45) is 2.63. The van der Waals surface area contributed by atoms with Crippen molar-refractivity contribution < 1.29 is 18.7 Å². The molecule has 0 spiro atoms. The Hall–Kier alpha value is -2.64.